The van der Waals surface area contributed by atoms with Crippen LogP contribution in [-0.2, 0) is 9.59 Å². The molecule has 1 saturated carbocycles. The zero-order chi connectivity index (χ0) is 18.2. The molecule has 0 saturated heterocycles. The Morgan fingerprint density at radius 2 is 1.64 bits per heavy atom. The summed E-state index contributed by atoms with van der Waals surface area (Å²) in [6, 6.07) is 7.85. The summed E-state index contributed by atoms with van der Waals surface area (Å²) in [6.45, 7) is 5.35. The molecule has 1 aromatic rings. The van der Waals surface area contributed by atoms with E-state index >= 15 is 0 Å². The van der Waals surface area contributed by atoms with Gasteiger partial charge in [0.2, 0.25) is 11.8 Å². The van der Waals surface area contributed by atoms with E-state index < -0.39 is 0 Å². The van der Waals surface area contributed by atoms with Crippen molar-refractivity contribution in [3.05, 3.63) is 48.1 Å². The predicted molar refractivity (Wildman–Crippen MR) is 99.2 cm³/mol. The molecular weight excluding hydrogens is 316 g/mol. The van der Waals surface area contributed by atoms with Crippen LogP contribution >= 0.6 is 0 Å². The van der Waals surface area contributed by atoms with E-state index in [1.807, 2.05) is 24.3 Å². The number of methoxy groups -OCH3 is 1. The van der Waals surface area contributed by atoms with Gasteiger partial charge in [0.05, 0.1) is 7.11 Å². The maximum Gasteiger partial charge on any atom is 0.246 e. The lowest BCUT2D eigenvalue weighted by molar-refractivity contribution is -0.119. The fourth-order valence-electron chi connectivity index (χ4n) is 2.83. The van der Waals surface area contributed by atoms with Crippen LogP contribution in [0.2, 0.25) is 0 Å². The Kier molecular flexibility index (Phi) is 6.81. The molecule has 25 heavy (non-hydrogen) atoms. The van der Waals surface area contributed by atoms with E-state index in [9.17, 15) is 9.59 Å². The Balaban J connectivity index is 1.75. The summed E-state index contributed by atoms with van der Waals surface area (Å²) in [5, 5.41) is 6.00. The summed E-state index contributed by atoms with van der Waals surface area (Å²) in [6.07, 6.45) is 6.80. The van der Waals surface area contributed by atoms with Crippen molar-refractivity contribution in [3.63, 3.8) is 0 Å². The topological polar surface area (TPSA) is 67.4 Å². The van der Waals surface area contributed by atoms with E-state index in [2.05, 4.69) is 17.2 Å². The van der Waals surface area contributed by atoms with Gasteiger partial charge in [-0.05, 0) is 56.4 Å². The minimum absolute atomic E-state index is 0.0880. The lowest BCUT2D eigenvalue weighted by atomic mass is 9.91. The van der Waals surface area contributed by atoms with Gasteiger partial charge in [0, 0.05) is 23.7 Å². The molecule has 0 radical (unpaired) electrons. The van der Waals surface area contributed by atoms with Gasteiger partial charge >= 0.3 is 0 Å². The fraction of sp³-hybridized carbons (Fsp3) is 0.400. The van der Waals surface area contributed by atoms with Gasteiger partial charge in [-0.25, -0.2) is 0 Å². The zero-order valence-corrected chi connectivity index (χ0v) is 14.9. The van der Waals surface area contributed by atoms with Crippen LogP contribution in [0.3, 0.4) is 0 Å². The van der Waals surface area contributed by atoms with Crippen LogP contribution in [-0.4, -0.2) is 31.0 Å². The van der Waals surface area contributed by atoms with E-state index in [1.54, 1.807) is 26.2 Å². The predicted octanol–water partition coefficient (Wildman–Crippen LogP) is 2.83. The Bertz CT molecular complexity index is 641. The summed E-state index contributed by atoms with van der Waals surface area (Å²) in [5.41, 5.74) is 1.47. The second-order valence-electron chi connectivity index (χ2n) is 6.42. The van der Waals surface area contributed by atoms with Crippen molar-refractivity contribution < 1.29 is 14.3 Å². The maximum absolute atomic E-state index is 12.1. The number of nitrogens with one attached hydrogen (secondary N) is 2. The molecule has 5 nitrogen and oxygen atoms in total. The highest BCUT2D eigenvalue weighted by molar-refractivity contribution is 5.92. The Hall–Kier alpha value is -2.56. The molecule has 0 aromatic heterocycles. The molecule has 0 atom stereocenters. The summed E-state index contributed by atoms with van der Waals surface area (Å²) in [5.74, 6) is 0.609. The van der Waals surface area contributed by atoms with Gasteiger partial charge in [-0.15, -0.1) is 0 Å². The number of rotatable bonds is 6. The first-order chi connectivity index (χ1) is 12.0. The Morgan fingerprint density at radius 3 is 2.16 bits per heavy atom. The summed E-state index contributed by atoms with van der Waals surface area (Å²) >= 11 is 0. The molecule has 1 aliphatic rings. The number of ether oxygens (including phenoxy) is 1. The second-order valence-corrected chi connectivity index (χ2v) is 6.42. The highest BCUT2D eigenvalue weighted by Crippen LogP contribution is 2.19. The minimum atomic E-state index is -0.0924. The van der Waals surface area contributed by atoms with Crippen LogP contribution in [0.4, 0.5) is 0 Å². The smallest absolute Gasteiger partial charge is 0.246 e. The van der Waals surface area contributed by atoms with Gasteiger partial charge in [-0.1, -0.05) is 18.7 Å². The van der Waals surface area contributed by atoms with Gasteiger partial charge < -0.3 is 15.4 Å². The summed E-state index contributed by atoms with van der Waals surface area (Å²) in [4.78, 5) is 23.7. The van der Waals surface area contributed by atoms with Crippen LogP contribution < -0.4 is 15.4 Å². The third-order valence-corrected chi connectivity index (χ3v) is 4.34. The number of hydrogen-bond acceptors (Lipinski definition) is 3. The van der Waals surface area contributed by atoms with Crippen LogP contribution in [0.15, 0.2) is 42.5 Å². The average Bonchev–Trinajstić information content (AvgIpc) is 2.62. The molecule has 1 aromatic carbocycles. The van der Waals surface area contributed by atoms with Crippen LogP contribution in [0, 0.1) is 0 Å². The summed E-state index contributed by atoms with van der Waals surface area (Å²) < 4.78 is 5.11. The fourth-order valence-corrected chi connectivity index (χ4v) is 2.83. The van der Waals surface area contributed by atoms with Crippen LogP contribution in [0.5, 0.6) is 5.75 Å². The Morgan fingerprint density at radius 1 is 1.08 bits per heavy atom. The number of benzene rings is 1. The standard InChI is InChI=1S/C20H26N2O3/c1-14(2)20(24)22-17-9-7-16(8-10-17)21-19(23)13-6-15-4-11-18(25-3)12-5-15/h4-6,11-13,16-17H,1,7-10H2,2-3H3,(H,21,23)(H,22,24)/b13-6+. The van der Waals surface area contributed by atoms with E-state index in [4.69, 9.17) is 4.74 Å². The molecule has 0 aliphatic heterocycles. The van der Waals surface area contributed by atoms with Crippen molar-refractivity contribution in [1.29, 1.82) is 0 Å². The third-order valence-electron chi connectivity index (χ3n) is 4.34. The van der Waals surface area contributed by atoms with Crippen molar-refractivity contribution in [1.82, 2.24) is 10.6 Å². The second kappa shape index (κ2) is 9.06. The number of hydrogen-bond donors (Lipinski definition) is 2. The molecular formula is C20H26N2O3. The molecule has 134 valence electrons. The van der Waals surface area contributed by atoms with E-state index in [1.165, 1.54) is 0 Å². The zero-order valence-electron chi connectivity index (χ0n) is 14.9. The first-order valence-corrected chi connectivity index (χ1v) is 8.57. The quantitative estimate of drug-likeness (QED) is 0.781. The molecule has 2 amide bonds. The molecule has 5 heteroatoms. The van der Waals surface area contributed by atoms with Crippen LogP contribution in [0.1, 0.15) is 38.2 Å². The van der Waals surface area contributed by atoms with Gasteiger partial charge in [0.1, 0.15) is 5.75 Å². The van der Waals surface area contributed by atoms with Crippen molar-refractivity contribution >= 4 is 17.9 Å². The summed E-state index contributed by atoms with van der Waals surface area (Å²) in [7, 11) is 1.62. The molecule has 0 bridgehead atoms. The first kappa shape index (κ1) is 18.8. The average molecular weight is 342 g/mol. The normalized spacial score (nSPS) is 20.1. The Labute approximate surface area is 149 Å². The monoisotopic (exact) mass is 342 g/mol. The molecule has 2 rings (SSSR count). The van der Waals surface area contributed by atoms with Crippen LogP contribution in [0.25, 0.3) is 6.08 Å². The highest BCUT2D eigenvalue weighted by Gasteiger charge is 2.23. The highest BCUT2D eigenvalue weighted by atomic mass is 16.5. The molecule has 1 aliphatic carbocycles. The largest absolute Gasteiger partial charge is 0.497 e. The maximum atomic E-state index is 12.1. The van der Waals surface area contributed by atoms with Gasteiger partial charge in [-0.2, -0.15) is 0 Å². The van der Waals surface area contributed by atoms with E-state index in [0.29, 0.717) is 5.57 Å². The van der Waals surface area contributed by atoms with Gasteiger partial charge in [-0.3, -0.25) is 9.59 Å². The van der Waals surface area contributed by atoms with Crippen molar-refractivity contribution in [2.75, 3.05) is 7.11 Å². The van der Waals surface area contributed by atoms with Gasteiger partial charge in [0.15, 0.2) is 0 Å². The molecule has 0 spiro atoms. The molecule has 1 fully saturated rings. The van der Waals surface area contributed by atoms with Crippen molar-refractivity contribution in [2.24, 2.45) is 0 Å². The number of carbonyl (C=O) groups excluding carboxylic acids is 2. The molecule has 2 N–H and O–H groups in total. The van der Waals surface area contributed by atoms with Gasteiger partial charge in [0.25, 0.3) is 0 Å². The SMILES string of the molecule is C=C(C)C(=O)NC1CCC(NC(=O)/C=C/c2ccc(OC)cc2)CC1. The van der Waals surface area contributed by atoms with E-state index in [0.717, 1.165) is 37.0 Å². The van der Waals surface area contributed by atoms with E-state index in [-0.39, 0.29) is 23.9 Å². The molecule has 0 heterocycles. The number of amides is 2. The lowest BCUT2D eigenvalue weighted by Crippen LogP contribution is -2.43. The number of carbonyl (C=O) groups is 2. The molecule has 0 unspecified atom stereocenters. The van der Waals surface area contributed by atoms with Crippen molar-refractivity contribution in [3.8, 4) is 5.75 Å². The minimum Gasteiger partial charge on any atom is -0.497 e. The first-order valence-electron chi connectivity index (χ1n) is 8.57. The van der Waals surface area contributed by atoms with Crippen molar-refractivity contribution in [2.45, 2.75) is 44.7 Å². The lowest BCUT2D eigenvalue weighted by Gasteiger charge is -2.29. The third kappa shape index (κ3) is 6.10.